The van der Waals surface area contributed by atoms with Crippen molar-refractivity contribution in [1.82, 2.24) is 4.98 Å². The Hall–Kier alpha value is -0.610. The number of aliphatic hydroxyl groups is 1. The van der Waals surface area contributed by atoms with Crippen LogP contribution in [0.5, 0.6) is 0 Å². The fraction of sp³-hybridized carbons (Fsp3) is 0.824. The van der Waals surface area contributed by atoms with Crippen LogP contribution < -0.4 is 4.90 Å². The maximum atomic E-state index is 10.4. The molecule has 0 aromatic carbocycles. The van der Waals surface area contributed by atoms with E-state index in [1.54, 1.807) is 11.3 Å². The lowest BCUT2D eigenvalue weighted by atomic mass is 9.77. The van der Waals surface area contributed by atoms with E-state index in [0.717, 1.165) is 35.1 Å². The number of anilines is 1. The standard InChI is InChI=1S/C17H30N2OS/c1-6-7-8-9-19(12(2)3)16-18-13-10-17(4,5)11-14(20)15(13)21-16/h12,14,20H,6-11H2,1-5H3. The van der Waals surface area contributed by atoms with Crippen molar-refractivity contribution in [2.24, 2.45) is 5.41 Å². The normalized spacial score (nSPS) is 20.6. The van der Waals surface area contributed by atoms with Gasteiger partial charge in [-0.3, -0.25) is 0 Å². The summed E-state index contributed by atoms with van der Waals surface area (Å²) < 4.78 is 0. The number of aliphatic hydroxyl groups excluding tert-OH is 1. The van der Waals surface area contributed by atoms with E-state index in [0.29, 0.717) is 6.04 Å². The van der Waals surface area contributed by atoms with Crippen LogP contribution in [0.25, 0.3) is 0 Å². The maximum absolute atomic E-state index is 10.4. The average molecular weight is 311 g/mol. The lowest BCUT2D eigenvalue weighted by Crippen LogP contribution is -2.31. The number of unbranched alkanes of at least 4 members (excludes halogenated alkanes) is 2. The number of nitrogens with zero attached hydrogens (tertiary/aromatic N) is 2. The molecule has 1 aliphatic rings. The highest BCUT2D eigenvalue weighted by Crippen LogP contribution is 2.44. The second kappa shape index (κ2) is 6.66. The topological polar surface area (TPSA) is 36.4 Å². The van der Waals surface area contributed by atoms with E-state index in [2.05, 4.69) is 39.5 Å². The highest BCUT2D eigenvalue weighted by molar-refractivity contribution is 7.15. The molecular formula is C17H30N2OS. The van der Waals surface area contributed by atoms with Gasteiger partial charge in [0.2, 0.25) is 0 Å². The van der Waals surface area contributed by atoms with Gasteiger partial charge in [0.05, 0.1) is 16.7 Å². The first-order valence-electron chi connectivity index (χ1n) is 8.28. The average Bonchev–Trinajstić information content (AvgIpc) is 2.76. The van der Waals surface area contributed by atoms with Crippen molar-refractivity contribution in [3.05, 3.63) is 10.6 Å². The van der Waals surface area contributed by atoms with Gasteiger partial charge < -0.3 is 10.0 Å². The molecule has 1 unspecified atom stereocenters. The second-order valence-electron chi connectivity index (χ2n) is 7.36. The molecule has 1 heterocycles. The van der Waals surface area contributed by atoms with Gasteiger partial charge in [0.1, 0.15) is 0 Å². The summed E-state index contributed by atoms with van der Waals surface area (Å²) in [5.41, 5.74) is 1.28. The van der Waals surface area contributed by atoms with Crippen LogP contribution >= 0.6 is 11.3 Å². The van der Waals surface area contributed by atoms with Gasteiger partial charge in [-0.05, 0) is 38.5 Å². The molecule has 0 amide bonds. The summed E-state index contributed by atoms with van der Waals surface area (Å²) in [6.07, 6.45) is 5.22. The van der Waals surface area contributed by atoms with E-state index >= 15 is 0 Å². The molecule has 1 N–H and O–H groups in total. The Balaban J connectivity index is 2.20. The largest absolute Gasteiger partial charge is 0.387 e. The molecule has 1 atom stereocenters. The third-order valence-electron chi connectivity index (χ3n) is 4.28. The molecule has 2 rings (SSSR count). The molecule has 1 aromatic rings. The van der Waals surface area contributed by atoms with Gasteiger partial charge in [-0.15, -0.1) is 0 Å². The predicted octanol–water partition coefficient (Wildman–Crippen LogP) is 4.55. The molecule has 0 bridgehead atoms. The van der Waals surface area contributed by atoms with Crippen molar-refractivity contribution >= 4 is 16.5 Å². The Morgan fingerprint density at radius 1 is 1.38 bits per heavy atom. The van der Waals surface area contributed by atoms with E-state index < -0.39 is 0 Å². The molecule has 0 aliphatic heterocycles. The zero-order valence-corrected chi connectivity index (χ0v) is 15.0. The lowest BCUT2D eigenvalue weighted by molar-refractivity contribution is 0.102. The summed E-state index contributed by atoms with van der Waals surface area (Å²) in [5.74, 6) is 0. The summed E-state index contributed by atoms with van der Waals surface area (Å²) in [5, 5.41) is 11.5. The molecule has 0 fully saturated rings. The minimum atomic E-state index is -0.334. The fourth-order valence-corrected chi connectivity index (χ4v) is 4.34. The van der Waals surface area contributed by atoms with Crippen LogP contribution in [0, 0.1) is 5.41 Å². The van der Waals surface area contributed by atoms with Gasteiger partial charge in [0.25, 0.3) is 0 Å². The first-order valence-corrected chi connectivity index (χ1v) is 9.10. The quantitative estimate of drug-likeness (QED) is 0.783. The number of fused-ring (bicyclic) bond motifs is 1. The summed E-state index contributed by atoms with van der Waals surface area (Å²) in [7, 11) is 0. The Morgan fingerprint density at radius 3 is 2.71 bits per heavy atom. The first-order chi connectivity index (χ1) is 9.84. The number of thiazole rings is 1. The highest BCUT2D eigenvalue weighted by atomic mass is 32.1. The van der Waals surface area contributed by atoms with Crippen LogP contribution in [0.4, 0.5) is 5.13 Å². The molecule has 1 aliphatic carbocycles. The number of aromatic nitrogens is 1. The van der Waals surface area contributed by atoms with Crippen LogP contribution in [0.15, 0.2) is 0 Å². The van der Waals surface area contributed by atoms with Crippen molar-refractivity contribution in [3.8, 4) is 0 Å². The Kier molecular flexibility index (Phi) is 5.31. The zero-order chi connectivity index (χ0) is 15.6. The van der Waals surface area contributed by atoms with Gasteiger partial charge >= 0.3 is 0 Å². The molecule has 0 saturated heterocycles. The predicted molar refractivity (Wildman–Crippen MR) is 91.2 cm³/mol. The SMILES string of the molecule is CCCCCN(c1nc2c(s1)C(O)CC(C)(C)C2)C(C)C. The Morgan fingerprint density at radius 2 is 2.10 bits per heavy atom. The number of hydrogen-bond acceptors (Lipinski definition) is 4. The van der Waals surface area contributed by atoms with Gasteiger partial charge in [0, 0.05) is 12.6 Å². The molecule has 0 spiro atoms. The molecular weight excluding hydrogens is 280 g/mol. The van der Waals surface area contributed by atoms with Crippen LogP contribution in [-0.2, 0) is 6.42 Å². The lowest BCUT2D eigenvalue weighted by Gasteiger charge is -2.31. The number of hydrogen-bond donors (Lipinski definition) is 1. The van der Waals surface area contributed by atoms with Crippen LogP contribution in [0.1, 0.15) is 77.0 Å². The van der Waals surface area contributed by atoms with Gasteiger partial charge in [-0.2, -0.15) is 0 Å². The molecule has 4 heteroatoms. The second-order valence-corrected chi connectivity index (χ2v) is 8.37. The van der Waals surface area contributed by atoms with Gasteiger partial charge in [-0.25, -0.2) is 4.98 Å². The Bertz CT molecular complexity index is 467. The minimum Gasteiger partial charge on any atom is -0.387 e. The number of rotatable bonds is 6. The summed E-state index contributed by atoms with van der Waals surface area (Å²) >= 11 is 1.70. The molecule has 0 saturated carbocycles. The van der Waals surface area contributed by atoms with Crippen molar-refractivity contribution in [3.63, 3.8) is 0 Å². The molecule has 120 valence electrons. The van der Waals surface area contributed by atoms with Gasteiger partial charge in [0.15, 0.2) is 5.13 Å². The van der Waals surface area contributed by atoms with E-state index in [1.165, 1.54) is 19.3 Å². The summed E-state index contributed by atoms with van der Waals surface area (Å²) in [4.78, 5) is 8.39. The molecule has 3 nitrogen and oxygen atoms in total. The van der Waals surface area contributed by atoms with Crippen molar-refractivity contribution in [2.45, 2.75) is 78.9 Å². The smallest absolute Gasteiger partial charge is 0.186 e. The van der Waals surface area contributed by atoms with Gasteiger partial charge in [-0.1, -0.05) is 44.9 Å². The van der Waals surface area contributed by atoms with E-state index in [9.17, 15) is 5.11 Å². The third kappa shape index (κ3) is 3.98. The van der Waals surface area contributed by atoms with Crippen LogP contribution in [-0.4, -0.2) is 22.7 Å². The monoisotopic (exact) mass is 310 g/mol. The minimum absolute atomic E-state index is 0.155. The molecule has 21 heavy (non-hydrogen) atoms. The highest BCUT2D eigenvalue weighted by Gasteiger charge is 2.34. The van der Waals surface area contributed by atoms with E-state index in [-0.39, 0.29) is 11.5 Å². The summed E-state index contributed by atoms with van der Waals surface area (Å²) in [6.45, 7) is 12.2. The third-order valence-corrected chi connectivity index (χ3v) is 5.52. The van der Waals surface area contributed by atoms with Crippen LogP contribution in [0.3, 0.4) is 0 Å². The van der Waals surface area contributed by atoms with E-state index in [4.69, 9.17) is 4.98 Å². The van der Waals surface area contributed by atoms with Crippen LogP contribution in [0.2, 0.25) is 0 Å². The maximum Gasteiger partial charge on any atom is 0.186 e. The van der Waals surface area contributed by atoms with Crippen molar-refractivity contribution in [2.75, 3.05) is 11.4 Å². The van der Waals surface area contributed by atoms with Crippen molar-refractivity contribution < 1.29 is 5.11 Å². The first kappa shape index (κ1) is 16.8. The fourth-order valence-electron chi connectivity index (χ4n) is 3.11. The molecule has 1 aromatic heterocycles. The summed E-state index contributed by atoms with van der Waals surface area (Å²) in [6, 6.07) is 0.458. The van der Waals surface area contributed by atoms with E-state index in [1.807, 2.05) is 0 Å². The zero-order valence-electron chi connectivity index (χ0n) is 14.1. The Labute approximate surface area is 133 Å². The molecule has 0 radical (unpaired) electrons. The van der Waals surface area contributed by atoms with Crippen molar-refractivity contribution in [1.29, 1.82) is 0 Å².